The Morgan fingerprint density at radius 3 is 1.94 bits per heavy atom. The lowest BCUT2D eigenvalue weighted by molar-refractivity contribution is -0.108. The number of aromatic nitrogens is 4. The normalized spacial score (nSPS) is 13.8. The summed E-state index contributed by atoms with van der Waals surface area (Å²) in [7, 11) is 0. The topological polar surface area (TPSA) is 105 Å². The van der Waals surface area contributed by atoms with Crippen molar-refractivity contribution in [3.8, 4) is 0 Å². The van der Waals surface area contributed by atoms with Crippen molar-refractivity contribution in [3.05, 3.63) is 80.6 Å². The minimum atomic E-state index is -0.339. The minimum Gasteiger partial charge on any atom is -0.348 e. The number of hydrogen-bond acceptors (Lipinski definition) is 7. The average molecular weight is 448 g/mol. The maximum absolute atomic E-state index is 12.0. The largest absolute Gasteiger partial charge is 0.348 e. The van der Waals surface area contributed by atoms with Gasteiger partial charge in [0.15, 0.2) is 6.29 Å². The second kappa shape index (κ2) is 9.85. The molecule has 1 aliphatic rings. The summed E-state index contributed by atoms with van der Waals surface area (Å²) in [4.78, 5) is 42.4. The lowest BCUT2D eigenvalue weighted by atomic mass is 10.2. The maximum atomic E-state index is 12.0. The second-order valence-electron chi connectivity index (χ2n) is 7.74. The highest BCUT2D eigenvalue weighted by molar-refractivity contribution is 5.76. The molecule has 5 heterocycles. The van der Waals surface area contributed by atoms with Crippen LogP contribution >= 0.6 is 0 Å². The van der Waals surface area contributed by atoms with Gasteiger partial charge in [-0.15, -0.1) is 0 Å². The summed E-state index contributed by atoms with van der Waals surface area (Å²) >= 11 is 0. The number of rotatable bonds is 4. The Labute approximate surface area is 189 Å². The van der Waals surface area contributed by atoms with Crippen LogP contribution in [-0.2, 0) is 27.4 Å². The van der Waals surface area contributed by atoms with Gasteiger partial charge in [-0.05, 0) is 49.2 Å². The molecule has 0 saturated carbocycles. The molecule has 0 radical (unpaired) electrons. The third-order valence-electron chi connectivity index (χ3n) is 5.23. The quantitative estimate of drug-likeness (QED) is 0.440. The second-order valence-corrected chi connectivity index (χ2v) is 7.74. The van der Waals surface area contributed by atoms with E-state index < -0.39 is 0 Å². The van der Waals surface area contributed by atoms with Gasteiger partial charge in [-0.1, -0.05) is 0 Å². The van der Waals surface area contributed by atoms with Crippen LogP contribution in [0.15, 0.2) is 58.4 Å². The fourth-order valence-electron chi connectivity index (χ4n) is 3.65. The molecule has 0 unspecified atom stereocenters. The van der Waals surface area contributed by atoms with Gasteiger partial charge in [-0.2, -0.15) is 0 Å². The highest BCUT2D eigenvalue weighted by Crippen LogP contribution is 2.14. The lowest BCUT2D eigenvalue weighted by Gasteiger charge is -2.13. The molecule has 170 valence electrons. The Morgan fingerprint density at radius 2 is 1.39 bits per heavy atom. The highest BCUT2D eigenvalue weighted by atomic mass is 16.7. The molecule has 5 rings (SSSR count). The smallest absolute Gasteiger partial charge is 0.251 e. The number of fused-ring (bicyclic) bond motifs is 2. The standard InChI is InChI=1S/C13H14N2O3.C11H10N2O2/c1-9-6-11-10(14-7-9)2-3-12(16)15(11)8-13-17-4-5-18-13;1-8-6-10-9(12-7-8)2-3-11(15)13(10)4-5-14/h2-3,6-7,13H,4-5,8H2,1H3;2-3,5-7H,4H2,1H3. The molecule has 1 saturated heterocycles. The van der Waals surface area contributed by atoms with E-state index in [0.29, 0.717) is 31.6 Å². The summed E-state index contributed by atoms with van der Waals surface area (Å²) in [6.07, 6.45) is 3.90. The van der Waals surface area contributed by atoms with E-state index in [9.17, 15) is 14.4 Å². The van der Waals surface area contributed by atoms with Gasteiger partial charge in [0.25, 0.3) is 11.1 Å². The van der Waals surface area contributed by atoms with Crippen LogP contribution in [0.5, 0.6) is 0 Å². The molecule has 33 heavy (non-hydrogen) atoms. The minimum absolute atomic E-state index is 0.0611. The van der Waals surface area contributed by atoms with Crippen molar-refractivity contribution < 1.29 is 14.3 Å². The molecule has 4 aromatic rings. The average Bonchev–Trinajstić information content (AvgIpc) is 3.32. The lowest BCUT2D eigenvalue weighted by Crippen LogP contribution is -2.27. The third-order valence-corrected chi connectivity index (χ3v) is 5.23. The van der Waals surface area contributed by atoms with E-state index >= 15 is 0 Å². The Hall–Kier alpha value is -3.69. The molecular formula is C24H24N4O5. The van der Waals surface area contributed by atoms with E-state index in [1.807, 2.05) is 26.0 Å². The van der Waals surface area contributed by atoms with Crippen LogP contribution in [0.4, 0.5) is 0 Å². The Bertz CT molecular complexity index is 1420. The summed E-state index contributed by atoms with van der Waals surface area (Å²) < 4.78 is 13.9. The van der Waals surface area contributed by atoms with Gasteiger partial charge in [-0.3, -0.25) is 24.1 Å². The number of carbonyl (C=O) groups is 1. The van der Waals surface area contributed by atoms with Crippen molar-refractivity contribution in [1.82, 2.24) is 19.1 Å². The molecule has 0 bridgehead atoms. The summed E-state index contributed by atoms with van der Waals surface area (Å²) in [5.74, 6) is 0. The van der Waals surface area contributed by atoms with Crippen molar-refractivity contribution in [2.75, 3.05) is 13.2 Å². The number of nitrogens with zero attached hydrogens (tertiary/aromatic N) is 4. The van der Waals surface area contributed by atoms with Crippen molar-refractivity contribution in [2.45, 2.75) is 33.2 Å². The van der Waals surface area contributed by atoms with Crippen molar-refractivity contribution >= 4 is 28.4 Å². The Balaban J connectivity index is 0.000000160. The zero-order chi connectivity index (χ0) is 23.4. The van der Waals surface area contributed by atoms with Gasteiger partial charge in [-0.25, -0.2) is 0 Å². The number of carbonyl (C=O) groups excluding carboxylic acids is 1. The van der Waals surface area contributed by atoms with Crippen LogP contribution in [0.1, 0.15) is 11.1 Å². The van der Waals surface area contributed by atoms with Gasteiger partial charge in [0.1, 0.15) is 6.29 Å². The molecular weight excluding hydrogens is 424 g/mol. The van der Waals surface area contributed by atoms with Crippen molar-refractivity contribution in [1.29, 1.82) is 0 Å². The summed E-state index contributed by atoms with van der Waals surface area (Å²) in [5.41, 5.74) is 4.80. The van der Waals surface area contributed by atoms with Gasteiger partial charge < -0.3 is 18.8 Å². The SMILES string of the molecule is Cc1cnc2ccc(=O)n(CC3OCCO3)c2c1.Cc1cnc2ccc(=O)n(CC=O)c2c1. The summed E-state index contributed by atoms with van der Waals surface area (Å²) in [6.45, 7) is 5.50. The van der Waals surface area contributed by atoms with Gasteiger partial charge in [0.2, 0.25) is 0 Å². The Kier molecular flexibility index (Phi) is 6.71. The molecule has 0 atom stereocenters. The predicted octanol–water partition coefficient (Wildman–Crippen LogP) is 1.98. The first-order valence-corrected chi connectivity index (χ1v) is 10.6. The first-order chi connectivity index (χ1) is 16.0. The molecule has 0 aromatic carbocycles. The molecule has 4 aromatic heterocycles. The van der Waals surface area contributed by atoms with E-state index in [-0.39, 0.29) is 24.0 Å². The van der Waals surface area contributed by atoms with Gasteiger partial charge in [0.05, 0.1) is 48.4 Å². The highest BCUT2D eigenvalue weighted by Gasteiger charge is 2.18. The Morgan fingerprint density at radius 1 is 0.879 bits per heavy atom. The summed E-state index contributed by atoms with van der Waals surface area (Å²) in [5, 5.41) is 0. The van der Waals surface area contributed by atoms with E-state index in [2.05, 4.69) is 9.97 Å². The fourth-order valence-corrected chi connectivity index (χ4v) is 3.65. The molecule has 1 fully saturated rings. The molecule has 0 N–H and O–H groups in total. The van der Waals surface area contributed by atoms with E-state index in [1.54, 1.807) is 29.1 Å². The van der Waals surface area contributed by atoms with Gasteiger partial charge >= 0.3 is 0 Å². The number of aryl methyl sites for hydroxylation is 2. The molecule has 9 nitrogen and oxygen atoms in total. The fraction of sp³-hybridized carbons (Fsp3) is 0.292. The zero-order valence-electron chi connectivity index (χ0n) is 18.4. The molecule has 9 heteroatoms. The predicted molar refractivity (Wildman–Crippen MR) is 123 cm³/mol. The monoisotopic (exact) mass is 448 g/mol. The molecule has 0 spiro atoms. The van der Waals surface area contributed by atoms with Crippen LogP contribution in [0.25, 0.3) is 22.1 Å². The van der Waals surface area contributed by atoms with Crippen molar-refractivity contribution in [2.24, 2.45) is 0 Å². The number of pyridine rings is 4. The van der Waals surface area contributed by atoms with Crippen LogP contribution < -0.4 is 11.1 Å². The number of aldehydes is 1. The van der Waals surface area contributed by atoms with Crippen molar-refractivity contribution in [3.63, 3.8) is 0 Å². The summed E-state index contributed by atoms with van der Waals surface area (Å²) in [6, 6.07) is 10.2. The van der Waals surface area contributed by atoms with Gasteiger partial charge in [0, 0.05) is 24.5 Å². The number of hydrogen-bond donors (Lipinski definition) is 0. The van der Waals surface area contributed by atoms with E-state index in [1.165, 1.54) is 16.7 Å². The van der Waals surface area contributed by atoms with Crippen LogP contribution in [0, 0.1) is 13.8 Å². The van der Waals surface area contributed by atoms with E-state index in [0.717, 1.165) is 27.7 Å². The first kappa shape index (κ1) is 22.5. The third kappa shape index (κ3) is 5.05. The maximum Gasteiger partial charge on any atom is 0.251 e. The zero-order valence-corrected chi connectivity index (χ0v) is 18.4. The van der Waals surface area contributed by atoms with Crippen LogP contribution in [-0.4, -0.2) is 44.9 Å². The molecule has 0 aliphatic carbocycles. The van der Waals surface area contributed by atoms with Crippen LogP contribution in [0.3, 0.4) is 0 Å². The van der Waals surface area contributed by atoms with Crippen LogP contribution in [0.2, 0.25) is 0 Å². The molecule has 0 amide bonds. The van der Waals surface area contributed by atoms with E-state index in [4.69, 9.17) is 9.47 Å². The first-order valence-electron chi connectivity index (χ1n) is 10.6. The number of ether oxygens (including phenoxy) is 2. The molecule has 1 aliphatic heterocycles.